The van der Waals surface area contributed by atoms with Gasteiger partial charge in [-0.3, -0.25) is 4.79 Å². The summed E-state index contributed by atoms with van der Waals surface area (Å²) in [5, 5.41) is 12.9. The molecule has 1 atom stereocenters. The van der Waals surface area contributed by atoms with Crippen molar-refractivity contribution in [3.63, 3.8) is 0 Å². The molecule has 2 aromatic heterocycles. The molecule has 0 aliphatic rings. The first kappa shape index (κ1) is 10.4. The van der Waals surface area contributed by atoms with Crippen molar-refractivity contribution in [3.05, 3.63) is 24.2 Å². The molecule has 2 aromatic rings. The molecule has 6 nitrogen and oxygen atoms in total. The van der Waals surface area contributed by atoms with Crippen LogP contribution in [0.25, 0.3) is 5.65 Å². The number of aromatic nitrogens is 3. The van der Waals surface area contributed by atoms with Gasteiger partial charge in [0.15, 0.2) is 5.65 Å². The number of nitrogens with two attached hydrogens (primary N) is 1. The summed E-state index contributed by atoms with van der Waals surface area (Å²) >= 11 is 0. The first-order valence-corrected chi connectivity index (χ1v) is 4.88. The van der Waals surface area contributed by atoms with Gasteiger partial charge in [0, 0.05) is 5.56 Å². The molecule has 2 rings (SSSR count). The number of aliphatic carboxylic acids is 1. The molecule has 3 N–H and O–H groups in total. The molecule has 0 saturated heterocycles. The summed E-state index contributed by atoms with van der Waals surface area (Å²) < 4.78 is 1.55. The maximum atomic E-state index is 10.7. The van der Waals surface area contributed by atoms with Crippen LogP contribution in [0.4, 0.5) is 5.69 Å². The zero-order chi connectivity index (χ0) is 11.7. The van der Waals surface area contributed by atoms with Gasteiger partial charge >= 0.3 is 5.97 Å². The van der Waals surface area contributed by atoms with Crippen molar-refractivity contribution < 1.29 is 9.90 Å². The van der Waals surface area contributed by atoms with Gasteiger partial charge in [-0.2, -0.15) is 5.10 Å². The Morgan fingerprint density at radius 2 is 2.38 bits per heavy atom. The zero-order valence-electron chi connectivity index (χ0n) is 8.79. The molecular weight excluding hydrogens is 208 g/mol. The van der Waals surface area contributed by atoms with E-state index in [0.717, 1.165) is 5.56 Å². The van der Waals surface area contributed by atoms with E-state index >= 15 is 0 Å². The lowest BCUT2D eigenvalue weighted by molar-refractivity contribution is -0.141. The van der Waals surface area contributed by atoms with Crippen molar-refractivity contribution in [2.24, 2.45) is 5.92 Å². The van der Waals surface area contributed by atoms with Crippen LogP contribution >= 0.6 is 0 Å². The molecule has 84 valence electrons. The fourth-order valence-corrected chi connectivity index (χ4v) is 1.50. The van der Waals surface area contributed by atoms with Gasteiger partial charge in [0.25, 0.3) is 0 Å². The average molecular weight is 220 g/mol. The number of nitrogens with zero attached hydrogens (tertiary/aromatic N) is 3. The van der Waals surface area contributed by atoms with Crippen molar-refractivity contribution in [3.8, 4) is 0 Å². The number of hydrogen-bond acceptors (Lipinski definition) is 4. The van der Waals surface area contributed by atoms with E-state index in [-0.39, 0.29) is 0 Å². The smallest absolute Gasteiger partial charge is 0.306 e. The third-order valence-corrected chi connectivity index (χ3v) is 2.40. The molecule has 6 heteroatoms. The highest BCUT2D eigenvalue weighted by molar-refractivity contribution is 5.70. The molecule has 16 heavy (non-hydrogen) atoms. The van der Waals surface area contributed by atoms with Crippen molar-refractivity contribution in [1.29, 1.82) is 0 Å². The van der Waals surface area contributed by atoms with Crippen LogP contribution in [0.1, 0.15) is 12.5 Å². The number of carbonyl (C=O) groups is 1. The molecule has 0 saturated carbocycles. The van der Waals surface area contributed by atoms with Crippen molar-refractivity contribution in [2.75, 3.05) is 5.73 Å². The highest BCUT2D eigenvalue weighted by Gasteiger charge is 2.15. The van der Waals surface area contributed by atoms with E-state index in [9.17, 15) is 4.79 Å². The molecule has 0 aliphatic heterocycles. The SMILES string of the molecule is CC(Cc1cnn2cc(N)cnc12)C(=O)O. The third-order valence-electron chi connectivity index (χ3n) is 2.40. The number of rotatable bonds is 3. The fraction of sp³-hybridized carbons (Fsp3) is 0.300. The first-order chi connectivity index (χ1) is 7.58. The summed E-state index contributed by atoms with van der Waals surface area (Å²) in [4.78, 5) is 14.9. The van der Waals surface area contributed by atoms with E-state index in [0.29, 0.717) is 17.8 Å². The second-order valence-corrected chi connectivity index (χ2v) is 3.77. The molecule has 0 aliphatic carbocycles. The molecule has 0 bridgehead atoms. The molecule has 2 heterocycles. The van der Waals surface area contributed by atoms with E-state index < -0.39 is 11.9 Å². The summed E-state index contributed by atoms with van der Waals surface area (Å²) in [7, 11) is 0. The minimum Gasteiger partial charge on any atom is -0.481 e. The van der Waals surface area contributed by atoms with Gasteiger partial charge in [-0.25, -0.2) is 9.50 Å². The first-order valence-electron chi connectivity index (χ1n) is 4.88. The number of carboxylic acid groups (broad SMARTS) is 1. The molecule has 0 fully saturated rings. The van der Waals surface area contributed by atoms with Crippen molar-refractivity contribution in [1.82, 2.24) is 14.6 Å². The van der Waals surface area contributed by atoms with Crippen molar-refractivity contribution in [2.45, 2.75) is 13.3 Å². The number of anilines is 1. The highest BCUT2D eigenvalue weighted by atomic mass is 16.4. The topological polar surface area (TPSA) is 93.5 Å². The van der Waals surface area contributed by atoms with Gasteiger partial charge in [-0.15, -0.1) is 0 Å². The predicted octanol–water partition coefficient (Wildman–Crippen LogP) is 0.575. The molecule has 1 unspecified atom stereocenters. The molecule has 0 radical (unpaired) electrons. The lowest BCUT2D eigenvalue weighted by Gasteiger charge is -2.03. The number of hydrogen-bond donors (Lipinski definition) is 2. The lowest BCUT2D eigenvalue weighted by Crippen LogP contribution is -2.12. The van der Waals surface area contributed by atoms with Gasteiger partial charge in [-0.05, 0) is 6.42 Å². The Bertz CT molecular complexity index is 535. The van der Waals surface area contributed by atoms with Gasteiger partial charge in [0.1, 0.15) is 0 Å². The van der Waals surface area contributed by atoms with Gasteiger partial charge in [0.2, 0.25) is 0 Å². The standard InChI is InChI=1S/C10H12N4O2/c1-6(10(15)16)2-7-3-13-14-5-8(11)4-12-9(7)14/h3-6H,2,11H2,1H3,(H,15,16). The Morgan fingerprint density at radius 3 is 3.06 bits per heavy atom. The van der Waals surface area contributed by atoms with E-state index in [1.807, 2.05) is 0 Å². The summed E-state index contributed by atoms with van der Waals surface area (Å²) in [5.41, 5.74) is 7.56. The summed E-state index contributed by atoms with van der Waals surface area (Å²) in [6, 6.07) is 0. The summed E-state index contributed by atoms with van der Waals surface area (Å²) in [6.07, 6.45) is 5.22. The third kappa shape index (κ3) is 1.81. The highest BCUT2D eigenvalue weighted by Crippen LogP contribution is 2.14. The Balaban J connectivity index is 2.35. The average Bonchev–Trinajstić information content (AvgIpc) is 2.60. The van der Waals surface area contributed by atoms with Crippen LogP contribution < -0.4 is 5.73 Å². The minimum atomic E-state index is -0.824. The normalized spacial score (nSPS) is 12.8. The predicted molar refractivity (Wildman–Crippen MR) is 57.9 cm³/mol. The van der Waals surface area contributed by atoms with Crippen LogP contribution in [-0.2, 0) is 11.2 Å². The maximum absolute atomic E-state index is 10.7. The number of fused-ring (bicyclic) bond motifs is 1. The van der Waals surface area contributed by atoms with E-state index in [1.54, 1.807) is 23.8 Å². The van der Waals surface area contributed by atoms with Crippen LogP contribution in [0.2, 0.25) is 0 Å². The van der Waals surface area contributed by atoms with Crippen LogP contribution in [0.3, 0.4) is 0 Å². The largest absolute Gasteiger partial charge is 0.481 e. The molecule has 0 amide bonds. The number of nitrogen functional groups attached to an aromatic ring is 1. The van der Waals surface area contributed by atoms with Gasteiger partial charge in [0.05, 0.1) is 30.2 Å². The fourth-order valence-electron chi connectivity index (χ4n) is 1.50. The Morgan fingerprint density at radius 1 is 1.62 bits per heavy atom. The Kier molecular flexibility index (Phi) is 2.47. The van der Waals surface area contributed by atoms with E-state index in [2.05, 4.69) is 10.1 Å². The Labute approximate surface area is 91.7 Å². The van der Waals surface area contributed by atoms with Gasteiger partial charge in [-0.1, -0.05) is 6.92 Å². The van der Waals surface area contributed by atoms with Crippen LogP contribution in [0, 0.1) is 5.92 Å². The Hall–Kier alpha value is -2.11. The van der Waals surface area contributed by atoms with Gasteiger partial charge < -0.3 is 10.8 Å². The van der Waals surface area contributed by atoms with Crippen molar-refractivity contribution >= 4 is 17.3 Å². The quantitative estimate of drug-likeness (QED) is 0.788. The van der Waals surface area contributed by atoms with Crippen LogP contribution in [-0.4, -0.2) is 25.7 Å². The molecule has 0 spiro atoms. The second kappa shape index (κ2) is 3.80. The van der Waals surface area contributed by atoms with Crippen LogP contribution in [0.15, 0.2) is 18.6 Å². The zero-order valence-corrected chi connectivity index (χ0v) is 8.79. The lowest BCUT2D eigenvalue weighted by atomic mass is 10.0. The number of carboxylic acids is 1. The monoisotopic (exact) mass is 220 g/mol. The summed E-state index contributed by atoms with van der Waals surface area (Å²) in [6.45, 7) is 1.66. The maximum Gasteiger partial charge on any atom is 0.306 e. The second-order valence-electron chi connectivity index (χ2n) is 3.77. The summed E-state index contributed by atoms with van der Waals surface area (Å²) in [5.74, 6) is -1.28. The van der Waals surface area contributed by atoms with Crippen LogP contribution in [0.5, 0.6) is 0 Å². The minimum absolute atomic E-state index is 0.412. The van der Waals surface area contributed by atoms with E-state index in [4.69, 9.17) is 10.8 Å². The van der Waals surface area contributed by atoms with E-state index in [1.165, 1.54) is 6.20 Å². The molecule has 0 aromatic carbocycles. The molecular formula is C10H12N4O2.